The van der Waals surface area contributed by atoms with Crippen molar-refractivity contribution in [1.29, 1.82) is 0 Å². The van der Waals surface area contributed by atoms with Crippen molar-refractivity contribution in [1.82, 2.24) is 9.55 Å². The molecule has 1 heterocycles. The van der Waals surface area contributed by atoms with Gasteiger partial charge in [0.2, 0.25) is 0 Å². The molecule has 0 bridgehead atoms. The van der Waals surface area contributed by atoms with Crippen molar-refractivity contribution >= 4 is 11.6 Å². The summed E-state index contributed by atoms with van der Waals surface area (Å²) < 4.78 is 6.96. The molecular formula is C14H21ClN2O3. The van der Waals surface area contributed by atoms with Crippen LogP contribution in [0, 0.1) is 5.41 Å². The highest BCUT2D eigenvalue weighted by molar-refractivity contribution is 6.30. The number of hydrogen-bond acceptors (Lipinski definition) is 3. The third-order valence-electron chi connectivity index (χ3n) is 4.34. The molecule has 6 heteroatoms. The second-order valence-electron chi connectivity index (χ2n) is 5.77. The molecule has 0 aliphatic heterocycles. The zero-order valence-electron chi connectivity index (χ0n) is 12.3. The third kappa shape index (κ3) is 2.23. The van der Waals surface area contributed by atoms with Crippen LogP contribution in [0.25, 0.3) is 0 Å². The Morgan fingerprint density at radius 1 is 1.40 bits per heavy atom. The van der Waals surface area contributed by atoms with Gasteiger partial charge in [0.1, 0.15) is 5.15 Å². The van der Waals surface area contributed by atoms with Crippen LogP contribution < -0.4 is 11.2 Å². The summed E-state index contributed by atoms with van der Waals surface area (Å²) in [7, 11) is 0. The maximum absolute atomic E-state index is 12.4. The quantitative estimate of drug-likeness (QED) is 0.866. The van der Waals surface area contributed by atoms with E-state index in [9.17, 15) is 9.59 Å². The summed E-state index contributed by atoms with van der Waals surface area (Å²) >= 11 is 5.93. The minimum absolute atomic E-state index is 0.0737. The van der Waals surface area contributed by atoms with E-state index in [4.69, 9.17) is 16.3 Å². The Bertz CT molecular complexity index is 618. The molecule has 0 saturated heterocycles. The largest absolute Gasteiger partial charge is 0.378 e. The van der Waals surface area contributed by atoms with E-state index in [1.165, 1.54) is 4.57 Å². The van der Waals surface area contributed by atoms with Gasteiger partial charge in [-0.3, -0.25) is 14.3 Å². The zero-order valence-corrected chi connectivity index (χ0v) is 13.1. The molecule has 2 rings (SSSR count). The summed E-state index contributed by atoms with van der Waals surface area (Å²) in [5, 5.41) is 0.150. The fraction of sp³-hybridized carbons (Fsp3) is 0.714. The van der Waals surface area contributed by atoms with Crippen molar-refractivity contribution in [2.24, 2.45) is 5.41 Å². The van der Waals surface area contributed by atoms with E-state index in [0.717, 1.165) is 0 Å². The SMILES string of the molecule is CCOC1CC(n2c(=O)[nH]c(Cl)c(CC)c2=O)C1(C)C. The minimum atomic E-state index is -0.440. The number of aromatic amines is 1. The summed E-state index contributed by atoms with van der Waals surface area (Å²) in [5.41, 5.74) is -0.507. The molecule has 112 valence electrons. The second kappa shape index (κ2) is 5.37. The van der Waals surface area contributed by atoms with E-state index in [1.54, 1.807) is 0 Å². The number of H-pyrrole nitrogens is 1. The van der Waals surface area contributed by atoms with Gasteiger partial charge in [0.15, 0.2) is 0 Å². The van der Waals surface area contributed by atoms with Gasteiger partial charge in [-0.1, -0.05) is 32.4 Å². The van der Waals surface area contributed by atoms with Crippen LogP contribution in [0.15, 0.2) is 9.59 Å². The van der Waals surface area contributed by atoms with Crippen molar-refractivity contribution in [2.75, 3.05) is 6.61 Å². The second-order valence-corrected chi connectivity index (χ2v) is 6.15. The maximum atomic E-state index is 12.4. The number of nitrogens with zero attached hydrogens (tertiary/aromatic N) is 1. The smallest absolute Gasteiger partial charge is 0.329 e. The molecule has 1 aliphatic rings. The Kier molecular flexibility index (Phi) is 4.12. The van der Waals surface area contributed by atoms with E-state index in [-0.39, 0.29) is 28.3 Å². The third-order valence-corrected chi connectivity index (χ3v) is 4.66. The first-order chi connectivity index (χ1) is 9.34. The fourth-order valence-electron chi connectivity index (χ4n) is 2.94. The van der Waals surface area contributed by atoms with Crippen LogP contribution in [-0.4, -0.2) is 22.3 Å². The fourth-order valence-corrected chi connectivity index (χ4v) is 3.23. The molecule has 1 aliphatic carbocycles. The summed E-state index contributed by atoms with van der Waals surface area (Å²) in [6.07, 6.45) is 1.25. The van der Waals surface area contributed by atoms with Crippen molar-refractivity contribution in [3.63, 3.8) is 0 Å². The highest BCUT2D eigenvalue weighted by Crippen LogP contribution is 2.50. The van der Waals surface area contributed by atoms with Gasteiger partial charge in [0.05, 0.1) is 17.7 Å². The Hall–Kier alpha value is -1.07. The van der Waals surface area contributed by atoms with Gasteiger partial charge in [-0.05, 0) is 19.8 Å². The normalized spacial score (nSPS) is 24.4. The average molecular weight is 301 g/mol. The van der Waals surface area contributed by atoms with Crippen LogP contribution in [0.3, 0.4) is 0 Å². The molecule has 0 amide bonds. The molecule has 0 aromatic carbocycles. The van der Waals surface area contributed by atoms with E-state index in [2.05, 4.69) is 4.98 Å². The van der Waals surface area contributed by atoms with Crippen molar-refractivity contribution in [3.8, 4) is 0 Å². The molecule has 2 atom stereocenters. The molecule has 0 spiro atoms. The van der Waals surface area contributed by atoms with Gasteiger partial charge in [-0.2, -0.15) is 0 Å². The van der Waals surface area contributed by atoms with E-state index in [1.807, 2.05) is 27.7 Å². The molecular weight excluding hydrogens is 280 g/mol. The molecule has 5 nitrogen and oxygen atoms in total. The first-order valence-electron chi connectivity index (χ1n) is 6.99. The lowest BCUT2D eigenvalue weighted by atomic mass is 9.64. The Morgan fingerprint density at radius 2 is 2.05 bits per heavy atom. The van der Waals surface area contributed by atoms with Gasteiger partial charge in [0, 0.05) is 12.0 Å². The number of ether oxygens (including phenoxy) is 1. The van der Waals surface area contributed by atoms with Gasteiger partial charge in [0.25, 0.3) is 5.56 Å². The molecule has 1 fully saturated rings. The highest BCUT2D eigenvalue weighted by Gasteiger charge is 2.51. The van der Waals surface area contributed by atoms with Crippen molar-refractivity contribution in [3.05, 3.63) is 31.6 Å². The molecule has 0 radical (unpaired) electrons. The molecule has 1 saturated carbocycles. The van der Waals surface area contributed by atoms with Gasteiger partial charge in [-0.25, -0.2) is 4.79 Å². The van der Waals surface area contributed by atoms with E-state index < -0.39 is 5.69 Å². The van der Waals surface area contributed by atoms with Crippen LogP contribution in [0.5, 0.6) is 0 Å². The molecule has 1 N–H and O–H groups in total. The number of hydrogen-bond donors (Lipinski definition) is 1. The lowest BCUT2D eigenvalue weighted by Crippen LogP contribution is -2.57. The lowest BCUT2D eigenvalue weighted by Gasteiger charge is -2.51. The van der Waals surface area contributed by atoms with Gasteiger partial charge < -0.3 is 4.74 Å². The summed E-state index contributed by atoms with van der Waals surface area (Å²) in [6.45, 7) is 8.47. The van der Waals surface area contributed by atoms with Crippen LogP contribution in [0.1, 0.15) is 45.7 Å². The Morgan fingerprint density at radius 3 is 2.55 bits per heavy atom. The van der Waals surface area contributed by atoms with Crippen LogP contribution in [0.4, 0.5) is 0 Å². The summed E-state index contributed by atoms with van der Waals surface area (Å²) in [5.74, 6) is 0. The van der Waals surface area contributed by atoms with Crippen LogP contribution >= 0.6 is 11.6 Å². The van der Waals surface area contributed by atoms with Crippen molar-refractivity contribution < 1.29 is 4.74 Å². The van der Waals surface area contributed by atoms with Crippen LogP contribution in [0.2, 0.25) is 5.15 Å². The van der Waals surface area contributed by atoms with Crippen LogP contribution in [-0.2, 0) is 11.2 Å². The van der Waals surface area contributed by atoms with E-state index in [0.29, 0.717) is 25.0 Å². The monoisotopic (exact) mass is 300 g/mol. The predicted molar refractivity (Wildman–Crippen MR) is 78.6 cm³/mol. The summed E-state index contributed by atoms with van der Waals surface area (Å²) in [6, 6.07) is -0.155. The van der Waals surface area contributed by atoms with Gasteiger partial charge in [-0.15, -0.1) is 0 Å². The topological polar surface area (TPSA) is 64.1 Å². The average Bonchev–Trinajstić information content (AvgIpc) is 2.37. The Balaban J connectivity index is 2.46. The summed E-state index contributed by atoms with van der Waals surface area (Å²) in [4.78, 5) is 27.1. The minimum Gasteiger partial charge on any atom is -0.378 e. The zero-order chi connectivity index (χ0) is 15.1. The molecule has 2 unspecified atom stereocenters. The number of nitrogens with one attached hydrogen (secondary N) is 1. The standard InChI is InChI=1S/C14H21ClN2O3/c1-5-8-11(15)16-13(19)17(12(8)18)9-7-10(20-6-2)14(9,3)4/h9-10H,5-7H2,1-4H3,(H,16,19). The number of aromatic nitrogens is 2. The Labute approximate surface area is 122 Å². The van der Waals surface area contributed by atoms with Gasteiger partial charge >= 0.3 is 5.69 Å². The predicted octanol–water partition coefficient (Wildman–Crippen LogP) is 2.13. The first kappa shape index (κ1) is 15.3. The number of rotatable bonds is 4. The van der Waals surface area contributed by atoms with E-state index >= 15 is 0 Å². The first-order valence-corrected chi connectivity index (χ1v) is 7.37. The highest BCUT2D eigenvalue weighted by atomic mass is 35.5. The maximum Gasteiger partial charge on any atom is 0.329 e. The lowest BCUT2D eigenvalue weighted by molar-refractivity contribution is -0.129. The van der Waals surface area contributed by atoms with Crippen molar-refractivity contribution in [2.45, 2.75) is 52.7 Å². The molecule has 1 aromatic heterocycles. The molecule has 1 aromatic rings. The molecule has 20 heavy (non-hydrogen) atoms. The number of halogens is 1.